The van der Waals surface area contributed by atoms with Crippen LogP contribution in [0.5, 0.6) is 0 Å². The predicted molar refractivity (Wildman–Crippen MR) is 103 cm³/mol. The third kappa shape index (κ3) is 4.45. The fourth-order valence-electron chi connectivity index (χ4n) is 2.44. The smallest absolute Gasteiger partial charge is 0.412 e. The Morgan fingerprint density at radius 3 is 2.64 bits per heavy atom. The van der Waals surface area contributed by atoms with E-state index in [0.29, 0.717) is 27.8 Å². The molecule has 0 bridgehead atoms. The van der Waals surface area contributed by atoms with E-state index >= 15 is 0 Å². The summed E-state index contributed by atoms with van der Waals surface area (Å²) in [5.41, 5.74) is 0.977. The molecule has 0 aliphatic carbocycles. The molecule has 8 nitrogen and oxygen atoms in total. The van der Waals surface area contributed by atoms with Crippen LogP contribution >= 0.6 is 0 Å². The van der Waals surface area contributed by atoms with Gasteiger partial charge in [-0.2, -0.15) is 5.26 Å². The number of hydrogen-bond donors (Lipinski definition) is 2. The van der Waals surface area contributed by atoms with Crippen LogP contribution in [0, 0.1) is 11.3 Å². The molecule has 2 amide bonds. The molecule has 1 aromatic heterocycles. The Hall–Kier alpha value is -3.86. The lowest BCUT2D eigenvalue weighted by atomic mass is 10.1. The second-order valence-corrected chi connectivity index (χ2v) is 7.02. The fourth-order valence-corrected chi connectivity index (χ4v) is 2.44. The Labute approximate surface area is 161 Å². The van der Waals surface area contributed by atoms with E-state index in [0.717, 1.165) is 0 Å². The molecule has 0 saturated carbocycles. The molecule has 8 heteroatoms. The maximum Gasteiger partial charge on any atom is 0.412 e. The van der Waals surface area contributed by atoms with Crippen molar-refractivity contribution in [1.82, 2.24) is 5.16 Å². The zero-order valence-electron chi connectivity index (χ0n) is 15.6. The summed E-state index contributed by atoms with van der Waals surface area (Å²) in [4.78, 5) is 24.4. The van der Waals surface area contributed by atoms with Crippen LogP contribution in [-0.4, -0.2) is 22.8 Å². The van der Waals surface area contributed by atoms with Gasteiger partial charge in [0.05, 0.1) is 17.0 Å². The fraction of sp³-hybridized carbons (Fsp3) is 0.200. The van der Waals surface area contributed by atoms with Gasteiger partial charge in [0.1, 0.15) is 5.60 Å². The van der Waals surface area contributed by atoms with Gasteiger partial charge in [0.15, 0.2) is 11.4 Å². The van der Waals surface area contributed by atoms with Crippen molar-refractivity contribution < 1.29 is 18.8 Å². The van der Waals surface area contributed by atoms with Crippen molar-refractivity contribution in [3.8, 4) is 6.07 Å². The third-order valence-electron chi connectivity index (χ3n) is 3.60. The summed E-state index contributed by atoms with van der Waals surface area (Å²) >= 11 is 0. The molecule has 0 unspecified atom stereocenters. The first-order chi connectivity index (χ1) is 13.2. The second-order valence-electron chi connectivity index (χ2n) is 7.02. The Kier molecular flexibility index (Phi) is 5.00. The SMILES string of the molecule is CC(C)(C)OC(=O)Nc1ccc2onc(NC(=O)c3cccc(C#N)c3)c2c1. The summed E-state index contributed by atoms with van der Waals surface area (Å²) in [6.07, 6.45) is -0.595. The largest absolute Gasteiger partial charge is 0.444 e. The number of rotatable bonds is 3. The first-order valence-electron chi connectivity index (χ1n) is 8.46. The predicted octanol–water partition coefficient (Wildman–Crippen LogP) is 4.30. The topological polar surface area (TPSA) is 117 Å². The standard InChI is InChI=1S/C20H18N4O4/c1-20(2,3)27-19(26)22-14-7-8-16-15(10-14)17(24-28-16)23-18(25)13-6-4-5-12(9-13)11-21/h4-10H,1-3H3,(H,22,26)(H,23,24,25). The van der Waals surface area contributed by atoms with Gasteiger partial charge in [-0.25, -0.2) is 4.79 Å². The quantitative estimate of drug-likeness (QED) is 0.702. The number of ether oxygens (including phenoxy) is 1. The summed E-state index contributed by atoms with van der Waals surface area (Å²) in [6.45, 7) is 5.31. The molecule has 0 radical (unpaired) electrons. The number of aromatic nitrogens is 1. The number of hydrogen-bond acceptors (Lipinski definition) is 6. The maximum absolute atomic E-state index is 12.5. The molecule has 0 aliphatic heterocycles. The Balaban J connectivity index is 1.81. The van der Waals surface area contributed by atoms with Crippen molar-refractivity contribution in [1.29, 1.82) is 5.26 Å². The van der Waals surface area contributed by atoms with Crippen molar-refractivity contribution >= 4 is 34.5 Å². The van der Waals surface area contributed by atoms with Gasteiger partial charge in [-0.05, 0) is 57.2 Å². The van der Waals surface area contributed by atoms with Gasteiger partial charge in [0.2, 0.25) is 0 Å². The number of nitrogens with one attached hydrogen (secondary N) is 2. The van der Waals surface area contributed by atoms with Gasteiger partial charge < -0.3 is 14.6 Å². The van der Waals surface area contributed by atoms with Gasteiger partial charge in [0, 0.05) is 11.3 Å². The second kappa shape index (κ2) is 7.40. The molecule has 0 saturated heterocycles. The van der Waals surface area contributed by atoms with Crippen LogP contribution in [0.4, 0.5) is 16.3 Å². The van der Waals surface area contributed by atoms with Gasteiger partial charge in [-0.3, -0.25) is 10.1 Å². The molecule has 1 heterocycles. The van der Waals surface area contributed by atoms with E-state index in [1.807, 2.05) is 6.07 Å². The number of nitriles is 1. The highest BCUT2D eigenvalue weighted by Crippen LogP contribution is 2.27. The molecule has 0 atom stereocenters. The highest BCUT2D eigenvalue weighted by molar-refractivity contribution is 6.08. The highest BCUT2D eigenvalue weighted by atomic mass is 16.6. The number of benzene rings is 2. The van der Waals surface area contributed by atoms with Crippen LogP contribution in [0.15, 0.2) is 47.0 Å². The van der Waals surface area contributed by atoms with Crippen molar-refractivity contribution in [2.45, 2.75) is 26.4 Å². The monoisotopic (exact) mass is 378 g/mol. The van der Waals surface area contributed by atoms with Crippen LogP contribution in [0.1, 0.15) is 36.7 Å². The Morgan fingerprint density at radius 1 is 1.14 bits per heavy atom. The number of fused-ring (bicyclic) bond motifs is 1. The number of amides is 2. The maximum atomic E-state index is 12.5. The molecule has 142 valence electrons. The minimum absolute atomic E-state index is 0.204. The summed E-state index contributed by atoms with van der Waals surface area (Å²) < 4.78 is 10.4. The van der Waals surface area contributed by atoms with E-state index in [-0.39, 0.29) is 5.82 Å². The molecule has 0 fully saturated rings. The lowest BCUT2D eigenvalue weighted by Crippen LogP contribution is -2.27. The van der Waals surface area contributed by atoms with E-state index in [9.17, 15) is 9.59 Å². The van der Waals surface area contributed by atoms with Gasteiger partial charge in [0.25, 0.3) is 5.91 Å². The first kappa shape index (κ1) is 18.9. The van der Waals surface area contributed by atoms with Crippen molar-refractivity contribution in [2.24, 2.45) is 0 Å². The Bertz CT molecular complexity index is 1090. The van der Waals surface area contributed by atoms with Crippen LogP contribution in [-0.2, 0) is 4.74 Å². The zero-order valence-corrected chi connectivity index (χ0v) is 15.6. The lowest BCUT2D eigenvalue weighted by Gasteiger charge is -2.19. The van der Waals surface area contributed by atoms with E-state index in [1.54, 1.807) is 57.2 Å². The minimum Gasteiger partial charge on any atom is -0.444 e. The molecular weight excluding hydrogens is 360 g/mol. The number of nitrogens with zero attached hydrogens (tertiary/aromatic N) is 2. The molecule has 28 heavy (non-hydrogen) atoms. The number of anilines is 2. The molecule has 2 N–H and O–H groups in total. The average molecular weight is 378 g/mol. The molecular formula is C20H18N4O4. The molecule has 2 aromatic carbocycles. The minimum atomic E-state index is -0.623. The van der Waals surface area contributed by atoms with E-state index in [2.05, 4.69) is 15.8 Å². The van der Waals surface area contributed by atoms with Crippen molar-refractivity contribution in [3.05, 3.63) is 53.6 Å². The van der Waals surface area contributed by atoms with Crippen LogP contribution in [0.2, 0.25) is 0 Å². The zero-order chi connectivity index (χ0) is 20.3. The van der Waals surface area contributed by atoms with Gasteiger partial charge >= 0.3 is 6.09 Å². The number of carbonyl (C=O) groups is 2. The van der Waals surface area contributed by atoms with Crippen molar-refractivity contribution in [3.63, 3.8) is 0 Å². The lowest BCUT2D eigenvalue weighted by molar-refractivity contribution is 0.0635. The Morgan fingerprint density at radius 2 is 1.93 bits per heavy atom. The van der Waals surface area contributed by atoms with E-state index < -0.39 is 17.6 Å². The summed E-state index contributed by atoms with van der Waals surface area (Å²) in [7, 11) is 0. The van der Waals surface area contributed by atoms with Crippen LogP contribution in [0.25, 0.3) is 11.0 Å². The molecule has 3 rings (SSSR count). The van der Waals surface area contributed by atoms with Crippen LogP contribution in [0.3, 0.4) is 0 Å². The first-order valence-corrected chi connectivity index (χ1v) is 8.46. The average Bonchev–Trinajstić information content (AvgIpc) is 3.02. The highest BCUT2D eigenvalue weighted by Gasteiger charge is 2.18. The van der Waals surface area contributed by atoms with Crippen molar-refractivity contribution in [2.75, 3.05) is 10.6 Å². The summed E-state index contributed by atoms with van der Waals surface area (Å²) in [5, 5.41) is 18.6. The van der Waals surface area contributed by atoms with Gasteiger partial charge in [-0.1, -0.05) is 11.2 Å². The summed E-state index contributed by atoms with van der Waals surface area (Å²) in [5.74, 6) is -0.229. The van der Waals surface area contributed by atoms with Crippen LogP contribution < -0.4 is 10.6 Å². The summed E-state index contributed by atoms with van der Waals surface area (Å²) in [6, 6.07) is 13.2. The van der Waals surface area contributed by atoms with Gasteiger partial charge in [-0.15, -0.1) is 0 Å². The molecule has 0 aliphatic rings. The molecule has 3 aromatic rings. The normalized spacial score (nSPS) is 10.9. The molecule has 0 spiro atoms. The third-order valence-corrected chi connectivity index (χ3v) is 3.60. The van der Waals surface area contributed by atoms with E-state index in [1.165, 1.54) is 6.07 Å². The number of carbonyl (C=O) groups excluding carboxylic acids is 2. The van der Waals surface area contributed by atoms with E-state index in [4.69, 9.17) is 14.5 Å².